The highest BCUT2D eigenvalue weighted by Gasteiger charge is 2.15. The number of hydrogen-bond donors (Lipinski definition) is 1. The molecule has 100 valence electrons. The Kier molecular flexibility index (Phi) is 2.83. The maximum Gasteiger partial charge on any atom is 0.258 e. The third-order valence-electron chi connectivity index (χ3n) is 3.06. The number of fused-ring (bicyclic) bond motifs is 1. The Morgan fingerprint density at radius 1 is 1.30 bits per heavy atom. The fraction of sp³-hybridized carbons (Fsp3) is 0.0714. The molecule has 0 aliphatic carbocycles. The molecule has 0 bridgehead atoms. The van der Waals surface area contributed by atoms with E-state index in [9.17, 15) is 4.79 Å². The molecule has 2 N–H and O–H groups in total. The van der Waals surface area contributed by atoms with Gasteiger partial charge in [0.25, 0.3) is 5.88 Å². The van der Waals surface area contributed by atoms with Crippen molar-refractivity contribution < 1.29 is 9.53 Å². The Balaban J connectivity index is 2.29. The summed E-state index contributed by atoms with van der Waals surface area (Å²) in [4.78, 5) is 19.9. The fourth-order valence-corrected chi connectivity index (χ4v) is 2.16. The van der Waals surface area contributed by atoms with Gasteiger partial charge in [-0.15, -0.1) is 0 Å². The van der Waals surface area contributed by atoms with Gasteiger partial charge < -0.3 is 10.5 Å². The number of benzene rings is 1. The van der Waals surface area contributed by atoms with Crippen molar-refractivity contribution in [1.29, 1.82) is 0 Å². The van der Waals surface area contributed by atoms with Gasteiger partial charge in [0, 0.05) is 23.5 Å². The molecule has 0 fully saturated rings. The summed E-state index contributed by atoms with van der Waals surface area (Å²) in [6, 6.07) is 7.14. The number of nitrogens with zero attached hydrogens (tertiary/aromatic N) is 3. The van der Waals surface area contributed by atoms with E-state index in [-0.39, 0.29) is 0 Å². The second-order valence-electron chi connectivity index (χ2n) is 4.18. The van der Waals surface area contributed by atoms with Crippen LogP contribution in [0.2, 0.25) is 0 Å². The first-order valence-corrected chi connectivity index (χ1v) is 5.97. The summed E-state index contributed by atoms with van der Waals surface area (Å²) in [5.74, 6) is -0.0492. The molecule has 0 saturated carbocycles. The average molecular weight is 268 g/mol. The number of imidazole rings is 1. The standard InChI is InChI=1S/C14H12N4O2/c1-20-14-13-17-8-11(18(13)7-6-16-14)9-4-2-3-5-10(9)12(15)19/h2-8H,1H3,(H2,15,19). The smallest absolute Gasteiger partial charge is 0.258 e. The molecule has 0 spiro atoms. The number of nitrogens with two attached hydrogens (primary N) is 1. The van der Waals surface area contributed by atoms with E-state index in [0.717, 1.165) is 11.3 Å². The number of hydrogen-bond acceptors (Lipinski definition) is 4. The summed E-state index contributed by atoms with van der Waals surface area (Å²) in [6.45, 7) is 0. The molecular formula is C14H12N4O2. The van der Waals surface area contributed by atoms with E-state index in [1.54, 1.807) is 30.7 Å². The molecule has 0 saturated heterocycles. The van der Waals surface area contributed by atoms with E-state index in [1.807, 2.05) is 16.5 Å². The predicted octanol–water partition coefficient (Wildman–Crippen LogP) is 1.50. The molecule has 6 heteroatoms. The molecule has 1 amide bonds. The van der Waals surface area contributed by atoms with E-state index in [1.165, 1.54) is 7.11 Å². The second kappa shape index (κ2) is 4.65. The lowest BCUT2D eigenvalue weighted by Gasteiger charge is -2.07. The number of carbonyl (C=O) groups excluding carboxylic acids is 1. The second-order valence-corrected chi connectivity index (χ2v) is 4.18. The summed E-state index contributed by atoms with van der Waals surface area (Å²) < 4.78 is 6.98. The van der Waals surface area contributed by atoms with Crippen molar-refractivity contribution in [3.05, 3.63) is 48.4 Å². The minimum atomic E-state index is -0.475. The molecule has 2 heterocycles. The first kappa shape index (κ1) is 12.2. The minimum absolute atomic E-state index is 0.426. The summed E-state index contributed by atoms with van der Waals surface area (Å²) >= 11 is 0. The highest BCUT2D eigenvalue weighted by atomic mass is 16.5. The van der Waals surface area contributed by atoms with Crippen LogP contribution in [-0.4, -0.2) is 27.4 Å². The van der Waals surface area contributed by atoms with Crippen molar-refractivity contribution in [2.24, 2.45) is 5.73 Å². The van der Waals surface area contributed by atoms with E-state index >= 15 is 0 Å². The molecule has 6 nitrogen and oxygen atoms in total. The number of rotatable bonds is 3. The zero-order valence-corrected chi connectivity index (χ0v) is 10.8. The molecule has 0 aliphatic rings. The van der Waals surface area contributed by atoms with E-state index in [2.05, 4.69) is 9.97 Å². The molecule has 0 radical (unpaired) electrons. The van der Waals surface area contributed by atoms with Gasteiger partial charge in [-0.3, -0.25) is 9.20 Å². The van der Waals surface area contributed by atoms with Gasteiger partial charge in [0.1, 0.15) is 0 Å². The predicted molar refractivity (Wildman–Crippen MR) is 73.5 cm³/mol. The quantitative estimate of drug-likeness (QED) is 0.780. The lowest BCUT2D eigenvalue weighted by atomic mass is 10.0. The highest BCUT2D eigenvalue weighted by Crippen LogP contribution is 2.26. The molecule has 3 aromatic rings. The number of aromatic nitrogens is 3. The van der Waals surface area contributed by atoms with Gasteiger partial charge >= 0.3 is 0 Å². The van der Waals surface area contributed by atoms with Gasteiger partial charge in [0.15, 0.2) is 0 Å². The van der Waals surface area contributed by atoms with Crippen LogP contribution in [0.15, 0.2) is 42.9 Å². The number of carbonyl (C=O) groups is 1. The molecule has 3 rings (SSSR count). The number of methoxy groups -OCH3 is 1. The lowest BCUT2D eigenvalue weighted by Crippen LogP contribution is -2.12. The topological polar surface area (TPSA) is 82.5 Å². The Morgan fingerprint density at radius 2 is 2.10 bits per heavy atom. The highest BCUT2D eigenvalue weighted by molar-refractivity contribution is 5.99. The summed E-state index contributed by atoms with van der Waals surface area (Å²) in [7, 11) is 1.54. The Labute approximate surface area is 114 Å². The van der Waals surface area contributed by atoms with Crippen LogP contribution in [0, 0.1) is 0 Å². The molecular weight excluding hydrogens is 256 g/mol. The first-order chi connectivity index (χ1) is 9.72. The molecule has 20 heavy (non-hydrogen) atoms. The molecule has 0 atom stereocenters. The maximum atomic E-state index is 11.5. The zero-order chi connectivity index (χ0) is 14.1. The minimum Gasteiger partial charge on any atom is -0.478 e. The van der Waals surface area contributed by atoms with Gasteiger partial charge in [-0.25, -0.2) is 9.97 Å². The Hall–Kier alpha value is -2.89. The van der Waals surface area contributed by atoms with Crippen LogP contribution in [0.4, 0.5) is 0 Å². The molecule has 1 aromatic carbocycles. The van der Waals surface area contributed by atoms with Crippen LogP contribution >= 0.6 is 0 Å². The molecule has 2 aromatic heterocycles. The van der Waals surface area contributed by atoms with E-state index in [4.69, 9.17) is 10.5 Å². The van der Waals surface area contributed by atoms with Gasteiger partial charge in [0.2, 0.25) is 11.6 Å². The van der Waals surface area contributed by atoms with Crippen molar-refractivity contribution in [1.82, 2.24) is 14.4 Å². The maximum absolute atomic E-state index is 11.5. The number of amides is 1. The van der Waals surface area contributed by atoms with Crippen molar-refractivity contribution in [3.63, 3.8) is 0 Å². The number of ether oxygens (including phenoxy) is 1. The molecule has 0 unspecified atom stereocenters. The molecule has 0 aliphatic heterocycles. The van der Waals surface area contributed by atoms with Crippen LogP contribution in [0.1, 0.15) is 10.4 Å². The van der Waals surface area contributed by atoms with Crippen molar-refractivity contribution in [3.8, 4) is 17.1 Å². The summed E-state index contributed by atoms with van der Waals surface area (Å²) in [5, 5.41) is 0. The Morgan fingerprint density at radius 3 is 2.85 bits per heavy atom. The monoisotopic (exact) mass is 268 g/mol. The zero-order valence-electron chi connectivity index (χ0n) is 10.8. The van der Waals surface area contributed by atoms with Crippen LogP contribution in [0.5, 0.6) is 5.88 Å². The van der Waals surface area contributed by atoms with Crippen molar-refractivity contribution in [2.45, 2.75) is 0 Å². The van der Waals surface area contributed by atoms with Crippen molar-refractivity contribution >= 4 is 11.6 Å². The van der Waals surface area contributed by atoms with Crippen LogP contribution in [-0.2, 0) is 0 Å². The normalized spacial score (nSPS) is 10.7. The summed E-state index contributed by atoms with van der Waals surface area (Å²) in [5.41, 5.74) is 7.93. The average Bonchev–Trinajstić information content (AvgIpc) is 2.90. The van der Waals surface area contributed by atoms with Crippen LogP contribution < -0.4 is 10.5 Å². The Bertz CT molecular complexity index is 795. The van der Waals surface area contributed by atoms with Gasteiger partial charge in [-0.1, -0.05) is 18.2 Å². The van der Waals surface area contributed by atoms with E-state index in [0.29, 0.717) is 17.1 Å². The van der Waals surface area contributed by atoms with Crippen LogP contribution in [0.25, 0.3) is 16.9 Å². The largest absolute Gasteiger partial charge is 0.478 e. The van der Waals surface area contributed by atoms with Crippen molar-refractivity contribution in [2.75, 3.05) is 7.11 Å². The summed E-state index contributed by atoms with van der Waals surface area (Å²) in [6.07, 6.45) is 5.04. The number of primary amides is 1. The van der Waals surface area contributed by atoms with Gasteiger partial charge in [-0.2, -0.15) is 0 Å². The van der Waals surface area contributed by atoms with Crippen LogP contribution in [0.3, 0.4) is 0 Å². The third kappa shape index (κ3) is 1.78. The fourth-order valence-electron chi connectivity index (χ4n) is 2.16. The lowest BCUT2D eigenvalue weighted by molar-refractivity contribution is 0.100. The SMILES string of the molecule is COc1nccn2c(-c3ccccc3C(N)=O)cnc12. The third-order valence-corrected chi connectivity index (χ3v) is 3.06. The first-order valence-electron chi connectivity index (χ1n) is 5.97. The van der Waals surface area contributed by atoms with E-state index < -0.39 is 5.91 Å². The van der Waals surface area contributed by atoms with Gasteiger partial charge in [-0.05, 0) is 6.07 Å². The van der Waals surface area contributed by atoms with Gasteiger partial charge in [0.05, 0.1) is 19.0 Å².